The van der Waals surface area contributed by atoms with Crippen LogP contribution in [0.5, 0.6) is 0 Å². The van der Waals surface area contributed by atoms with Crippen molar-refractivity contribution in [1.82, 2.24) is 0 Å². The Labute approximate surface area is 123 Å². The third-order valence-corrected chi connectivity index (χ3v) is 6.16. The van der Waals surface area contributed by atoms with Crippen molar-refractivity contribution in [1.29, 1.82) is 0 Å². The molecule has 0 radical (unpaired) electrons. The van der Waals surface area contributed by atoms with Crippen LogP contribution in [0.1, 0.15) is 72.6 Å². The van der Waals surface area contributed by atoms with E-state index in [9.17, 15) is 8.78 Å². The Bertz CT molecular complexity index is 309. The first-order valence-electron chi connectivity index (χ1n) is 8.69. The molecule has 118 valence electrons. The van der Waals surface area contributed by atoms with Crippen LogP contribution >= 0.6 is 0 Å². The molecule has 0 aromatic carbocycles. The molecular formula is C18H32F2. The van der Waals surface area contributed by atoms with Crippen molar-refractivity contribution < 1.29 is 8.78 Å². The molecule has 0 bridgehead atoms. The smallest absolute Gasteiger partial charge is 0.207 e. The molecule has 2 aliphatic carbocycles. The third-order valence-electron chi connectivity index (χ3n) is 6.16. The predicted octanol–water partition coefficient (Wildman–Crippen LogP) is 6.16. The van der Waals surface area contributed by atoms with Crippen molar-refractivity contribution in [2.45, 2.75) is 78.6 Å². The zero-order valence-corrected chi connectivity index (χ0v) is 13.7. The minimum Gasteiger partial charge on any atom is -0.207 e. The minimum atomic E-state index is -2.41. The number of halogens is 2. The molecule has 20 heavy (non-hydrogen) atoms. The fourth-order valence-electron chi connectivity index (χ4n) is 4.56. The molecule has 0 aromatic heterocycles. The van der Waals surface area contributed by atoms with Gasteiger partial charge in [-0.3, -0.25) is 0 Å². The van der Waals surface area contributed by atoms with Crippen molar-refractivity contribution in [2.75, 3.05) is 0 Å². The highest BCUT2D eigenvalue weighted by Gasteiger charge is 2.49. The van der Waals surface area contributed by atoms with Crippen LogP contribution in [0.15, 0.2) is 0 Å². The van der Waals surface area contributed by atoms with Gasteiger partial charge in [-0.25, -0.2) is 8.78 Å². The molecule has 0 saturated heterocycles. The third kappa shape index (κ3) is 3.54. The summed E-state index contributed by atoms with van der Waals surface area (Å²) in [6.45, 7) is 8.90. The van der Waals surface area contributed by atoms with Gasteiger partial charge in [0, 0.05) is 12.3 Å². The number of rotatable bonds is 3. The Hall–Kier alpha value is -0.140. The maximum absolute atomic E-state index is 14.4. The van der Waals surface area contributed by atoms with Gasteiger partial charge in [-0.15, -0.1) is 0 Å². The van der Waals surface area contributed by atoms with E-state index in [0.29, 0.717) is 23.7 Å². The SMILES string of the molecule is CC(C)C1CCCC(C2CC(C(C)C)CCC2(F)F)C1. The monoisotopic (exact) mass is 286 g/mol. The van der Waals surface area contributed by atoms with Crippen LogP contribution in [-0.4, -0.2) is 5.92 Å². The van der Waals surface area contributed by atoms with Crippen LogP contribution in [0.4, 0.5) is 8.78 Å². The Morgan fingerprint density at radius 1 is 0.850 bits per heavy atom. The lowest BCUT2D eigenvalue weighted by molar-refractivity contribution is -0.130. The van der Waals surface area contributed by atoms with Gasteiger partial charge in [-0.05, 0) is 55.3 Å². The molecule has 2 fully saturated rings. The summed E-state index contributed by atoms with van der Waals surface area (Å²) in [5, 5.41) is 0. The summed E-state index contributed by atoms with van der Waals surface area (Å²) in [6.07, 6.45) is 6.11. The summed E-state index contributed by atoms with van der Waals surface area (Å²) in [7, 11) is 0. The molecule has 0 heterocycles. The molecule has 0 N–H and O–H groups in total. The van der Waals surface area contributed by atoms with E-state index in [2.05, 4.69) is 27.7 Å². The standard InChI is InChI=1S/C18H32F2/c1-12(2)14-6-5-7-16(10-14)17-11-15(13(3)4)8-9-18(17,19)20/h12-17H,5-11H2,1-4H3. The van der Waals surface area contributed by atoms with Gasteiger partial charge < -0.3 is 0 Å². The lowest BCUT2D eigenvalue weighted by Crippen LogP contribution is -2.42. The largest absolute Gasteiger partial charge is 0.251 e. The second-order valence-corrected chi connectivity index (χ2v) is 8.08. The van der Waals surface area contributed by atoms with Crippen LogP contribution in [-0.2, 0) is 0 Å². The van der Waals surface area contributed by atoms with Crippen LogP contribution in [0.3, 0.4) is 0 Å². The molecule has 4 unspecified atom stereocenters. The van der Waals surface area contributed by atoms with Gasteiger partial charge in [0.15, 0.2) is 0 Å². The van der Waals surface area contributed by atoms with Crippen LogP contribution in [0.25, 0.3) is 0 Å². The highest BCUT2D eigenvalue weighted by atomic mass is 19.3. The van der Waals surface area contributed by atoms with E-state index in [4.69, 9.17) is 0 Å². The van der Waals surface area contributed by atoms with Gasteiger partial charge in [0.05, 0.1) is 0 Å². The Balaban J connectivity index is 2.07. The summed E-state index contributed by atoms with van der Waals surface area (Å²) in [4.78, 5) is 0. The lowest BCUT2D eigenvalue weighted by Gasteiger charge is -2.44. The summed E-state index contributed by atoms with van der Waals surface area (Å²) < 4.78 is 28.8. The molecular weight excluding hydrogens is 254 g/mol. The van der Waals surface area contributed by atoms with Gasteiger partial charge in [-0.2, -0.15) is 0 Å². The molecule has 2 heteroatoms. The predicted molar refractivity (Wildman–Crippen MR) is 80.9 cm³/mol. The van der Waals surface area contributed by atoms with Gasteiger partial charge in [0.2, 0.25) is 0 Å². The number of hydrogen-bond donors (Lipinski definition) is 0. The van der Waals surface area contributed by atoms with Gasteiger partial charge in [-0.1, -0.05) is 40.5 Å². The van der Waals surface area contributed by atoms with Gasteiger partial charge >= 0.3 is 0 Å². The quantitative estimate of drug-likeness (QED) is 0.583. The highest BCUT2D eigenvalue weighted by molar-refractivity contribution is 4.92. The molecule has 0 amide bonds. The van der Waals surface area contributed by atoms with Gasteiger partial charge in [0.25, 0.3) is 5.92 Å². The molecule has 2 rings (SSSR count). The van der Waals surface area contributed by atoms with Crippen LogP contribution < -0.4 is 0 Å². The number of alkyl halides is 2. The van der Waals surface area contributed by atoms with Crippen molar-refractivity contribution in [3.8, 4) is 0 Å². The Kier molecular flexibility index (Phi) is 5.13. The fourth-order valence-corrected chi connectivity index (χ4v) is 4.56. The van der Waals surface area contributed by atoms with Crippen LogP contribution in [0, 0.1) is 35.5 Å². The first-order chi connectivity index (χ1) is 9.31. The molecule has 0 aliphatic heterocycles. The maximum atomic E-state index is 14.4. The normalized spacial score (nSPS) is 38.4. The van der Waals surface area contributed by atoms with Crippen molar-refractivity contribution in [3.05, 3.63) is 0 Å². The lowest BCUT2D eigenvalue weighted by atomic mass is 9.64. The van der Waals surface area contributed by atoms with Gasteiger partial charge in [0.1, 0.15) is 0 Å². The zero-order chi connectivity index (χ0) is 14.9. The average Bonchev–Trinajstić information content (AvgIpc) is 2.38. The molecule has 2 saturated carbocycles. The molecule has 2 aliphatic rings. The van der Waals surface area contributed by atoms with E-state index in [1.165, 1.54) is 6.42 Å². The Morgan fingerprint density at radius 3 is 2.05 bits per heavy atom. The summed E-state index contributed by atoms with van der Waals surface area (Å²) in [6, 6.07) is 0. The van der Waals surface area contributed by atoms with E-state index in [1.807, 2.05) is 0 Å². The van der Waals surface area contributed by atoms with Crippen molar-refractivity contribution >= 4 is 0 Å². The average molecular weight is 286 g/mol. The van der Waals surface area contributed by atoms with Crippen molar-refractivity contribution in [2.24, 2.45) is 35.5 Å². The van der Waals surface area contributed by atoms with E-state index in [0.717, 1.165) is 32.1 Å². The second kappa shape index (κ2) is 6.32. The van der Waals surface area contributed by atoms with E-state index < -0.39 is 5.92 Å². The second-order valence-electron chi connectivity index (χ2n) is 8.08. The molecule has 0 nitrogen and oxygen atoms in total. The van der Waals surface area contributed by atoms with Crippen LogP contribution in [0.2, 0.25) is 0 Å². The topological polar surface area (TPSA) is 0 Å². The summed E-state index contributed by atoms with van der Waals surface area (Å²) >= 11 is 0. The first-order valence-corrected chi connectivity index (χ1v) is 8.69. The minimum absolute atomic E-state index is 0.128. The van der Waals surface area contributed by atoms with E-state index in [1.54, 1.807) is 0 Å². The Morgan fingerprint density at radius 2 is 1.45 bits per heavy atom. The molecule has 4 atom stereocenters. The summed E-state index contributed by atoms with van der Waals surface area (Å²) in [5.41, 5.74) is 0. The van der Waals surface area contributed by atoms with E-state index >= 15 is 0 Å². The molecule has 0 aromatic rings. The maximum Gasteiger partial charge on any atom is 0.251 e. The van der Waals surface area contributed by atoms with Crippen molar-refractivity contribution in [3.63, 3.8) is 0 Å². The highest BCUT2D eigenvalue weighted by Crippen LogP contribution is 2.51. The fraction of sp³-hybridized carbons (Fsp3) is 1.00. The summed E-state index contributed by atoms with van der Waals surface area (Å²) in [5.74, 6) is -0.0931. The van der Waals surface area contributed by atoms with E-state index in [-0.39, 0.29) is 18.3 Å². The molecule has 0 spiro atoms. The number of hydrogen-bond acceptors (Lipinski definition) is 0. The zero-order valence-electron chi connectivity index (χ0n) is 13.7. The first kappa shape index (κ1) is 16.2.